The molecule has 2 aromatic heterocycles. The Morgan fingerprint density at radius 2 is 1.69 bits per heavy atom. The maximum Gasteiger partial charge on any atom is 0.311 e. The lowest BCUT2D eigenvalue weighted by molar-refractivity contribution is 0.388. The molecule has 0 saturated carbocycles. The Hall–Kier alpha value is -3.69. The fourth-order valence-corrected chi connectivity index (χ4v) is 2.72. The van der Waals surface area contributed by atoms with E-state index in [0.29, 0.717) is 24.4 Å². The Labute approximate surface area is 160 Å². The summed E-state index contributed by atoms with van der Waals surface area (Å²) in [4.78, 5) is 24.1. The van der Waals surface area contributed by atoms with Crippen molar-refractivity contribution in [2.45, 2.75) is 13.3 Å². The maximum absolute atomic E-state index is 14.1. The van der Waals surface area contributed by atoms with E-state index < -0.39 is 40.6 Å². The van der Waals surface area contributed by atoms with Gasteiger partial charge in [-0.2, -0.15) is 4.98 Å². The molecule has 0 radical (unpaired) electrons. The number of hydrogen-bond donors (Lipinski definition) is 1. The van der Waals surface area contributed by atoms with E-state index in [-0.39, 0.29) is 16.9 Å². The lowest BCUT2D eigenvalue weighted by Gasteiger charge is -2.13. The Morgan fingerprint density at radius 1 is 1.00 bits per heavy atom. The molecule has 0 fully saturated rings. The smallest absolute Gasteiger partial charge is 0.311 e. The van der Waals surface area contributed by atoms with Gasteiger partial charge in [-0.1, -0.05) is 6.92 Å². The first-order chi connectivity index (χ1) is 13.9. The molecule has 0 atom stereocenters. The van der Waals surface area contributed by atoms with Gasteiger partial charge in [0.25, 0.3) is 5.56 Å². The van der Waals surface area contributed by atoms with Gasteiger partial charge in [0.15, 0.2) is 34.4 Å². The molecule has 1 N–H and O–H groups in total. The molecule has 0 aliphatic heterocycles. The van der Waals surface area contributed by atoms with Crippen molar-refractivity contribution in [3.63, 3.8) is 0 Å². The van der Waals surface area contributed by atoms with Crippen LogP contribution in [0.5, 0.6) is 11.8 Å². The molecule has 4 rings (SSSR count). The van der Waals surface area contributed by atoms with Crippen LogP contribution in [0.2, 0.25) is 0 Å². The summed E-state index contributed by atoms with van der Waals surface area (Å²) in [6, 6.07) is 5.15. The average Bonchev–Trinajstić information content (AvgIpc) is 3.11. The summed E-state index contributed by atoms with van der Waals surface area (Å²) >= 11 is 0. The second kappa shape index (κ2) is 7.04. The SMILES string of the molecule is CCc1nc2nc(Oc3cc(F)c(F)cc3F)n(-c3ccc(F)cc3)c(=O)c2[nH]1. The molecule has 0 spiro atoms. The third-order valence-electron chi connectivity index (χ3n) is 4.14. The number of ether oxygens (including phenoxy) is 1. The number of aryl methyl sites for hydroxylation is 1. The summed E-state index contributed by atoms with van der Waals surface area (Å²) < 4.78 is 60.4. The van der Waals surface area contributed by atoms with E-state index in [9.17, 15) is 22.4 Å². The highest BCUT2D eigenvalue weighted by atomic mass is 19.2. The zero-order valence-corrected chi connectivity index (χ0v) is 14.8. The predicted octanol–water partition coefficient (Wildman–Crippen LogP) is 4.02. The molecule has 2 aromatic carbocycles. The Morgan fingerprint density at radius 3 is 2.38 bits per heavy atom. The summed E-state index contributed by atoms with van der Waals surface area (Å²) in [5.74, 6) is -4.68. The zero-order chi connectivity index (χ0) is 20.7. The topological polar surface area (TPSA) is 72.8 Å². The van der Waals surface area contributed by atoms with Crippen LogP contribution in [0.3, 0.4) is 0 Å². The number of aromatic amines is 1. The Balaban J connectivity index is 1.96. The molecular formula is C19H12F4N4O2. The van der Waals surface area contributed by atoms with Gasteiger partial charge in [0.05, 0.1) is 5.69 Å². The first kappa shape index (κ1) is 18.7. The van der Waals surface area contributed by atoms with Crippen LogP contribution in [0.15, 0.2) is 41.2 Å². The van der Waals surface area contributed by atoms with Gasteiger partial charge in [0.1, 0.15) is 11.6 Å². The number of halogens is 4. The fraction of sp³-hybridized carbons (Fsp3) is 0.105. The molecule has 2 heterocycles. The largest absolute Gasteiger partial charge is 0.422 e. The second-order valence-electron chi connectivity index (χ2n) is 6.05. The molecule has 148 valence electrons. The number of benzene rings is 2. The van der Waals surface area contributed by atoms with E-state index in [0.717, 1.165) is 16.7 Å². The molecular weight excluding hydrogens is 392 g/mol. The standard InChI is InChI=1S/C19H12F4N4O2/c1-2-15-24-16-17(25-15)26-19(29-14-8-12(22)11(21)7-13(14)23)27(18(16)28)10-5-3-9(20)4-6-10/h3-8H,2H2,1H3,(H,24,25). The first-order valence-electron chi connectivity index (χ1n) is 8.47. The van der Waals surface area contributed by atoms with E-state index in [1.54, 1.807) is 0 Å². The number of H-pyrrole nitrogens is 1. The number of fused-ring (bicyclic) bond motifs is 1. The monoisotopic (exact) mass is 404 g/mol. The average molecular weight is 404 g/mol. The molecule has 6 nitrogen and oxygen atoms in total. The van der Waals surface area contributed by atoms with Gasteiger partial charge in [-0.05, 0) is 24.3 Å². The summed E-state index contributed by atoms with van der Waals surface area (Å²) in [7, 11) is 0. The number of rotatable bonds is 4. The molecule has 0 unspecified atom stereocenters. The van der Waals surface area contributed by atoms with Crippen molar-refractivity contribution < 1.29 is 22.3 Å². The molecule has 4 aromatic rings. The predicted molar refractivity (Wildman–Crippen MR) is 95.2 cm³/mol. The summed E-state index contributed by atoms with van der Waals surface area (Å²) in [5, 5.41) is 0. The third-order valence-corrected chi connectivity index (χ3v) is 4.14. The first-order valence-corrected chi connectivity index (χ1v) is 8.47. The normalized spacial score (nSPS) is 11.2. The molecule has 10 heteroatoms. The number of nitrogens with zero attached hydrogens (tertiary/aromatic N) is 3. The molecule has 0 saturated heterocycles. The van der Waals surface area contributed by atoms with E-state index in [2.05, 4.69) is 15.0 Å². The Bertz CT molecular complexity index is 1280. The van der Waals surface area contributed by atoms with Crippen molar-refractivity contribution >= 4 is 11.2 Å². The van der Waals surface area contributed by atoms with Crippen molar-refractivity contribution in [2.75, 3.05) is 0 Å². The zero-order valence-electron chi connectivity index (χ0n) is 14.8. The summed E-state index contributed by atoms with van der Waals surface area (Å²) in [6.07, 6.45) is 0.486. The van der Waals surface area contributed by atoms with Crippen LogP contribution in [0.1, 0.15) is 12.7 Å². The maximum atomic E-state index is 14.1. The third kappa shape index (κ3) is 3.33. The van der Waals surface area contributed by atoms with Crippen molar-refractivity contribution in [1.82, 2.24) is 19.5 Å². The summed E-state index contributed by atoms with van der Waals surface area (Å²) in [5.41, 5.74) is -0.421. The molecule has 29 heavy (non-hydrogen) atoms. The van der Waals surface area contributed by atoms with E-state index in [1.807, 2.05) is 6.92 Å². The van der Waals surface area contributed by atoms with Crippen molar-refractivity contribution in [3.05, 3.63) is 75.8 Å². The highest BCUT2D eigenvalue weighted by Crippen LogP contribution is 2.27. The van der Waals surface area contributed by atoms with Gasteiger partial charge in [-0.25, -0.2) is 27.1 Å². The minimum Gasteiger partial charge on any atom is -0.422 e. The number of imidazole rings is 1. The molecule has 0 amide bonds. The van der Waals surface area contributed by atoms with Crippen LogP contribution in [-0.2, 0) is 6.42 Å². The van der Waals surface area contributed by atoms with E-state index in [1.165, 1.54) is 12.1 Å². The highest BCUT2D eigenvalue weighted by molar-refractivity contribution is 5.70. The quantitative estimate of drug-likeness (QED) is 0.412. The van der Waals surface area contributed by atoms with E-state index in [4.69, 9.17) is 4.74 Å². The van der Waals surface area contributed by atoms with Crippen molar-refractivity contribution in [2.24, 2.45) is 0 Å². The summed E-state index contributed by atoms with van der Waals surface area (Å²) in [6.45, 7) is 1.81. The van der Waals surface area contributed by atoms with Gasteiger partial charge in [0, 0.05) is 18.6 Å². The molecule has 0 bridgehead atoms. The number of hydrogen-bond acceptors (Lipinski definition) is 4. The number of aromatic nitrogens is 4. The van der Waals surface area contributed by atoms with Crippen LogP contribution >= 0.6 is 0 Å². The van der Waals surface area contributed by atoms with Gasteiger partial charge in [-0.3, -0.25) is 4.79 Å². The Kier molecular flexibility index (Phi) is 4.53. The van der Waals surface area contributed by atoms with Crippen molar-refractivity contribution in [1.29, 1.82) is 0 Å². The molecule has 0 aliphatic carbocycles. The molecule has 0 aliphatic rings. The minimum atomic E-state index is -1.39. The second-order valence-corrected chi connectivity index (χ2v) is 6.05. The van der Waals surface area contributed by atoms with Gasteiger partial charge in [0.2, 0.25) is 0 Å². The van der Waals surface area contributed by atoms with Gasteiger partial charge in [-0.15, -0.1) is 0 Å². The minimum absolute atomic E-state index is 0.00297. The van der Waals surface area contributed by atoms with Gasteiger partial charge < -0.3 is 9.72 Å². The highest BCUT2D eigenvalue weighted by Gasteiger charge is 2.20. The van der Waals surface area contributed by atoms with Crippen LogP contribution in [0.25, 0.3) is 16.9 Å². The van der Waals surface area contributed by atoms with E-state index >= 15 is 0 Å². The number of nitrogens with one attached hydrogen (secondary N) is 1. The van der Waals surface area contributed by atoms with Crippen LogP contribution < -0.4 is 10.3 Å². The lowest BCUT2D eigenvalue weighted by Crippen LogP contribution is -2.21. The van der Waals surface area contributed by atoms with Crippen LogP contribution in [0, 0.1) is 23.3 Å². The van der Waals surface area contributed by atoms with Crippen LogP contribution in [0.4, 0.5) is 17.6 Å². The van der Waals surface area contributed by atoms with Crippen LogP contribution in [-0.4, -0.2) is 19.5 Å². The fourth-order valence-electron chi connectivity index (χ4n) is 2.72. The lowest BCUT2D eigenvalue weighted by atomic mass is 10.3. The van der Waals surface area contributed by atoms with Crippen molar-refractivity contribution in [3.8, 4) is 17.4 Å². The van der Waals surface area contributed by atoms with Gasteiger partial charge >= 0.3 is 6.01 Å².